The molecule has 0 spiro atoms. The van der Waals surface area contributed by atoms with Crippen LogP contribution in [0.15, 0.2) is 66.7 Å². The van der Waals surface area contributed by atoms with Crippen LogP contribution in [0, 0.1) is 5.92 Å². The average molecular weight is 327 g/mol. The third-order valence-corrected chi connectivity index (χ3v) is 6.20. The molecule has 1 saturated heterocycles. The van der Waals surface area contributed by atoms with Crippen LogP contribution >= 0.6 is 0 Å². The van der Waals surface area contributed by atoms with E-state index < -0.39 is 0 Å². The normalized spacial score (nSPS) is 23.2. The number of piperidine rings is 1. The largest absolute Gasteiger partial charge is 0.296 e. The first-order valence-electron chi connectivity index (χ1n) is 9.64. The van der Waals surface area contributed by atoms with Crippen LogP contribution in [0.25, 0.3) is 10.8 Å². The highest BCUT2D eigenvalue weighted by Crippen LogP contribution is 2.33. The Hall–Kier alpha value is -2.12. The quantitative estimate of drug-likeness (QED) is 0.624. The fourth-order valence-electron chi connectivity index (χ4n) is 4.87. The molecule has 1 fully saturated rings. The van der Waals surface area contributed by atoms with Gasteiger partial charge in [-0.1, -0.05) is 60.7 Å². The SMILES string of the molecule is c1ccc2c(c1)C[C@H]1CC[C@@H](C2)N(Cc2ccc3ccccc3c2)C1. The van der Waals surface area contributed by atoms with Crippen LogP contribution in [0.5, 0.6) is 0 Å². The molecule has 126 valence electrons. The molecule has 2 heterocycles. The Labute approximate surface area is 150 Å². The van der Waals surface area contributed by atoms with Gasteiger partial charge in [0.05, 0.1) is 0 Å². The molecule has 3 aliphatic rings. The van der Waals surface area contributed by atoms with E-state index >= 15 is 0 Å². The number of rotatable bonds is 2. The first-order chi connectivity index (χ1) is 12.3. The molecular weight excluding hydrogens is 302 g/mol. The molecule has 2 atom stereocenters. The van der Waals surface area contributed by atoms with Gasteiger partial charge in [0.1, 0.15) is 0 Å². The van der Waals surface area contributed by atoms with Crippen molar-refractivity contribution in [1.82, 2.24) is 4.90 Å². The smallest absolute Gasteiger partial charge is 0.0237 e. The molecule has 0 aromatic heterocycles. The van der Waals surface area contributed by atoms with E-state index in [-0.39, 0.29) is 0 Å². The second kappa shape index (κ2) is 6.31. The average Bonchev–Trinajstić information content (AvgIpc) is 2.62. The van der Waals surface area contributed by atoms with Crippen molar-refractivity contribution in [2.45, 2.75) is 38.3 Å². The van der Waals surface area contributed by atoms with Gasteiger partial charge in [-0.3, -0.25) is 4.90 Å². The zero-order valence-electron chi connectivity index (χ0n) is 14.7. The second-order valence-corrected chi connectivity index (χ2v) is 7.89. The van der Waals surface area contributed by atoms with Crippen molar-refractivity contribution in [2.75, 3.05) is 6.54 Å². The van der Waals surface area contributed by atoms with E-state index in [4.69, 9.17) is 0 Å². The zero-order valence-corrected chi connectivity index (χ0v) is 14.7. The van der Waals surface area contributed by atoms with E-state index in [1.165, 1.54) is 48.6 Å². The number of hydrogen-bond donors (Lipinski definition) is 0. The van der Waals surface area contributed by atoms with Gasteiger partial charge in [-0.15, -0.1) is 0 Å². The summed E-state index contributed by atoms with van der Waals surface area (Å²) in [6.07, 6.45) is 5.23. The van der Waals surface area contributed by atoms with Crippen LogP contribution in [-0.4, -0.2) is 17.5 Å². The maximum Gasteiger partial charge on any atom is 0.0237 e. The molecule has 2 aliphatic heterocycles. The van der Waals surface area contributed by atoms with Crippen LogP contribution in [0.2, 0.25) is 0 Å². The standard InChI is InChI=1S/C24H25N/c1-2-6-21-13-18(9-11-20(21)5-1)16-25-17-19-10-12-24(25)15-23-8-4-3-7-22(23)14-19/h1-9,11,13,19,24H,10,12,14-17H2/t19-,24+/m1/s1. The van der Waals surface area contributed by atoms with Gasteiger partial charge in [0.25, 0.3) is 0 Å². The van der Waals surface area contributed by atoms with Crippen molar-refractivity contribution in [3.05, 3.63) is 83.4 Å². The molecule has 0 amide bonds. The predicted octanol–water partition coefficient (Wildman–Crippen LogP) is 5.22. The lowest BCUT2D eigenvalue weighted by molar-refractivity contribution is 0.0938. The van der Waals surface area contributed by atoms with Crippen molar-refractivity contribution in [1.29, 1.82) is 0 Å². The second-order valence-electron chi connectivity index (χ2n) is 7.89. The van der Waals surface area contributed by atoms with Crippen molar-refractivity contribution in [3.8, 4) is 0 Å². The molecule has 2 bridgehead atoms. The lowest BCUT2D eigenvalue weighted by atomic mass is 9.80. The lowest BCUT2D eigenvalue weighted by Gasteiger charge is -2.42. The molecule has 6 rings (SSSR count). The lowest BCUT2D eigenvalue weighted by Crippen LogP contribution is -2.46. The summed E-state index contributed by atoms with van der Waals surface area (Å²) in [5.74, 6) is 0.818. The summed E-state index contributed by atoms with van der Waals surface area (Å²) in [5.41, 5.74) is 4.64. The van der Waals surface area contributed by atoms with Gasteiger partial charge in [-0.2, -0.15) is 0 Å². The number of fused-ring (bicyclic) bond motifs is 3. The third kappa shape index (κ3) is 2.98. The molecule has 25 heavy (non-hydrogen) atoms. The van der Waals surface area contributed by atoms with Crippen molar-refractivity contribution >= 4 is 10.8 Å². The molecule has 1 heteroatoms. The fourth-order valence-corrected chi connectivity index (χ4v) is 4.87. The zero-order chi connectivity index (χ0) is 16.6. The van der Waals surface area contributed by atoms with E-state index in [9.17, 15) is 0 Å². The highest BCUT2D eigenvalue weighted by atomic mass is 15.2. The van der Waals surface area contributed by atoms with Crippen molar-refractivity contribution < 1.29 is 0 Å². The fraction of sp³-hybridized carbons (Fsp3) is 0.333. The molecule has 1 nitrogen and oxygen atoms in total. The minimum atomic E-state index is 0.698. The Morgan fingerprint density at radius 1 is 0.760 bits per heavy atom. The number of benzene rings is 3. The Bertz CT molecular complexity index is 897. The minimum Gasteiger partial charge on any atom is -0.296 e. The summed E-state index contributed by atoms with van der Waals surface area (Å²) in [5, 5.41) is 2.71. The van der Waals surface area contributed by atoms with Gasteiger partial charge in [0.2, 0.25) is 0 Å². The summed E-state index contributed by atoms with van der Waals surface area (Å²) in [4.78, 5) is 2.76. The molecule has 3 aromatic rings. The van der Waals surface area contributed by atoms with E-state index in [1.54, 1.807) is 11.1 Å². The van der Waals surface area contributed by atoms with E-state index in [1.807, 2.05) is 0 Å². The van der Waals surface area contributed by atoms with Crippen molar-refractivity contribution in [3.63, 3.8) is 0 Å². The third-order valence-electron chi connectivity index (χ3n) is 6.20. The highest BCUT2D eigenvalue weighted by Gasteiger charge is 2.31. The Morgan fingerprint density at radius 2 is 1.52 bits per heavy atom. The van der Waals surface area contributed by atoms with Crippen LogP contribution in [0.4, 0.5) is 0 Å². The molecule has 0 N–H and O–H groups in total. The summed E-state index contributed by atoms with van der Waals surface area (Å²) in [6.45, 7) is 2.35. The first-order valence-corrected chi connectivity index (χ1v) is 9.64. The molecule has 3 aromatic carbocycles. The van der Waals surface area contributed by atoms with Gasteiger partial charge in [-0.25, -0.2) is 0 Å². The molecule has 1 aliphatic carbocycles. The Kier molecular flexibility index (Phi) is 3.83. The van der Waals surface area contributed by atoms with Gasteiger partial charge >= 0.3 is 0 Å². The summed E-state index contributed by atoms with van der Waals surface area (Å²) in [7, 11) is 0. The van der Waals surface area contributed by atoms with E-state index in [0.29, 0.717) is 6.04 Å². The van der Waals surface area contributed by atoms with E-state index in [0.717, 1.165) is 12.5 Å². The Morgan fingerprint density at radius 3 is 2.40 bits per heavy atom. The van der Waals surface area contributed by atoms with Crippen LogP contribution in [0.1, 0.15) is 29.5 Å². The van der Waals surface area contributed by atoms with E-state index in [2.05, 4.69) is 71.6 Å². The first kappa shape index (κ1) is 15.2. The molecule has 0 saturated carbocycles. The molecular formula is C24H25N. The molecule has 0 unspecified atom stereocenters. The highest BCUT2D eigenvalue weighted by molar-refractivity contribution is 5.82. The molecule has 0 radical (unpaired) electrons. The number of hydrogen-bond acceptors (Lipinski definition) is 1. The van der Waals surface area contributed by atoms with Crippen molar-refractivity contribution in [2.24, 2.45) is 5.92 Å². The van der Waals surface area contributed by atoms with Gasteiger partial charge in [0, 0.05) is 19.1 Å². The van der Waals surface area contributed by atoms with Gasteiger partial charge in [0.15, 0.2) is 0 Å². The monoisotopic (exact) mass is 327 g/mol. The summed E-state index contributed by atoms with van der Waals surface area (Å²) < 4.78 is 0. The predicted molar refractivity (Wildman–Crippen MR) is 105 cm³/mol. The maximum atomic E-state index is 2.76. The Balaban J connectivity index is 1.42. The summed E-state index contributed by atoms with van der Waals surface area (Å²) in [6, 6.07) is 25.5. The van der Waals surface area contributed by atoms with Crippen LogP contribution < -0.4 is 0 Å². The van der Waals surface area contributed by atoms with Gasteiger partial charge < -0.3 is 0 Å². The van der Waals surface area contributed by atoms with Crippen LogP contribution in [0.3, 0.4) is 0 Å². The van der Waals surface area contributed by atoms with Gasteiger partial charge in [-0.05, 0) is 65.1 Å². The maximum absolute atomic E-state index is 2.76. The van der Waals surface area contributed by atoms with Crippen LogP contribution in [-0.2, 0) is 19.4 Å². The number of nitrogens with zero attached hydrogens (tertiary/aromatic N) is 1. The minimum absolute atomic E-state index is 0.698. The summed E-state index contributed by atoms with van der Waals surface area (Å²) >= 11 is 0. The topological polar surface area (TPSA) is 3.24 Å².